The minimum Gasteiger partial charge on any atom is -0.384 e. The Labute approximate surface area is 121 Å². The van der Waals surface area contributed by atoms with Gasteiger partial charge in [-0.3, -0.25) is 4.79 Å². The van der Waals surface area contributed by atoms with Crippen LogP contribution in [0.25, 0.3) is 0 Å². The van der Waals surface area contributed by atoms with Gasteiger partial charge in [0.25, 0.3) is 5.91 Å². The van der Waals surface area contributed by atoms with Crippen LogP contribution in [-0.2, 0) is 0 Å². The Balaban J connectivity index is 2.92. The molecular formula is C17H23NO2. The standard InChI is InChI=1S/C17H23NO2/c1-4-5-6-11-18(3)17(20)16-13-14(2)9-10-15(16)8-7-12-19/h9-10,13,19H,4-6,11-12H2,1-3H3. The molecule has 0 aromatic heterocycles. The maximum atomic E-state index is 12.5. The lowest BCUT2D eigenvalue weighted by Crippen LogP contribution is -2.28. The van der Waals surface area contributed by atoms with Crippen LogP contribution in [0, 0.1) is 18.8 Å². The number of hydrogen-bond donors (Lipinski definition) is 1. The molecule has 1 N–H and O–H groups in total. The Morgan fingerprint density at radius 2 is 2.10 bits per heavy atom. The van der Waals surface area contributed by atoms with E-state index >= 15 is 0 Å². The summed E-state index contributed by atoms with van der Waals surface area (Å²) in [7, 11) is 1.82. The van der Waals surface area contributed by atoms with Crippen molar-refractivity contribution in [3.8, 4) is 11.8 Å². The average molecular weight is 273 g/mol. The number of amides is 1. The molecule has 0 spiro atoms. The zero-order valence-electron chi connectivity index (χ0n) is 12.6. The SMILES string of the molecule is CCCCCN(C)C(=O)c1cc(C)ccc1C#CCO. The molecule has 0 atom stereocenters. The highest BCUT2D eigenvalue weighted by Crippen LogP contribution is 2.13. The third-order valence-electron chi connectivity index (χ3n) is 3.15. The van der Waals surface area contributed by atoms with Gasteiger partial charge in [0.05, 0.1) is 5.56 Å². The van der Waals surface area contributed by atoms with Gasteiger partial charge in [-0.15, -0.1) is 0 Å². The first-order valence-corrected chi connectivity index (χ1v) is 7.06. The summed E-state index contributed by atoms with van der Waals surface area (Å²) in [6, 6.07) is 5.63. The number of unbranched alkanes of at least 4 members (excludes halogenated alkanes) is 2. The smallest absolute Gasteiger partial charge is 0.254 e. The van der Waals surface area contributed by atoms with Crippen molar-refractivity contribution in [2.24, 2.45) is 0 Å². The number of carbonyl (C=O) groups excluding carboxylic acids is 1. The summed E-state index contributed by atoms with van der Waals surface area (Å²) in [4.78, 5) is 14.2. The Morgan fingerprint density at radius 1 is 1.35 bits per heavy atom. The van der Waals surface area contributed by atoms with Crippen LogP contribution in [0.15, 0.2) is 18.2 Å². The molecular weight excluding hydrogens is 250 g/mol. The Bertz CT molecular complexity index is 511. The van der Waals surface area contributed by atoms with Crippen LogP contribution in [-0.4, -0.2) is 36.1 Å². The summed E-state index contributed by atoms with van der Waals surface area (Å²) >= 11 is 0. The zero-order valence-corrected chi connectivity index (χ0v) is 12.6. The van der Waals surface area contributed by atoms with E-state index in [0.29, 0.717) is 11.1 Å². The van der Waals surface area contributed by atoms with E-state index in [-0.39, 0.29) is 12.5 Å². The predicted molar refractivity (Wildman–Crippen MR) is 81.6 cm³/mol. The summed E-state index contributed by atoms with van der Waals surface area (Å²) in [5.41, 5.74) is 2.33. The third-order valence-corrected chi connectivity index (χ3v) is 3.15. The molecule has 0 heterocycles. The van der Waals surface area contributed by atoms with Gasteiger partial charge in [-0.05, 0) is 25.5 Å². The highest BCUT2D eigenvalue weighted by molar-refractivity contribution is 5.96. The number of aryl methyl sites for hydroxylation is 1. The van der Waals surface area contributed by atoms with Crippen LogP contribution in [0.4, 0.5) is 0 Å². The summed E-state index contributed by atoms with van der Waals surface area (Å²) in [6.07, 6.45) is 3.28. The number of benzene rings is 1. The normalized spacial score (nSPS) is 9.80. The van der Waals surface area contributed by atoms with E-state index in [9.17, 15) is 4.79 Å². The van der Waals surface area contributed by atoms with Crippen molar-refractivity contribution in [2.45, 2.75) is 33.1 Å². The second-order valence-corrected chi connectivity index (χ2v) is 4.94. The molecule has 0 aliphatic rings. The average Bonchev–Trinajstić information content (AvgIpc) is 2.45. The lowest BCUT2D eigenvalue weighted by molar-refractivity contribution is 0.0792. The first kappa shape index (κ1) is 16.3. The van der Waals surface area contributed by atoms with E-state index in [4.69, 9.17) is 5.11 Å². The van der Waals surface area contributed by atoms with E-state index in [1.165, 1.54) is 0 Å². The molecule has 108 valence electrons. The van der Waals surface area contributed by atoms with Crippen molar-refractivity contribution in [1.29, 1.82) is 0 Å². The second kappa shape index (κ2) is 8.39. The lowest BCUT2D eigenvalue weighted by atomic mass is 10.0. The second-order valence-electron chi connectivity index (χ2n) is 4.94. The Hall–Kier alpha value is -1.79. The lowest BCUT2D eigenvalue weighted by Gasteiger charge is -2.18. The van der Waals surface area contributed by atoms with Crippen LogP contribution in [0.3, 0.4) is 0 Å². The quantitative estimate of drug-likeness (QED) is 0.662. The summed E-state index contributed by atoms with van der Waals surface area (Å²) in [5, 5.41) is 8.80. The van der Waals surface area contributed by atoms with Crippen molar-refractivity contribution in [2.75, 3.05) is 20.2 Å². The predicted octanol–water partition coefficient (Wildman–Crippen LogP) is 2.60. The summed E-state index contributed by atoms with van der Waals surface area (Å²) in [5.74, 6) is 5.44. The summed E-state index contributed by atoms with van der Waals surface area (Å²) in [6.45, 7) is 4.66. The number of hydrogen-bond acceptors (Lipinski definition) is 2. The van der Waals surface area contributed by atoms with Gasteiger partial charge in [0.2, 0.25) is 0 Å². The number of aliphatic hydroxyl groups is 1. The molecule has 0 unspecified atom stereocenters. The fourth-order valence-electron chi connectivity index (χ4n) is 1.98. The van der Waals surface area contributed by atoms with Gasteiger partial charge in [0, 0.05) is 19.2 Å². The monoisotopic (exact) mass is 273 g/mol. The summed E-state index contributed by atoms with van der Waals surface area (Å²) < 4.78 is 0. The molecule has 0 fully saturated rings. The van der Waals surface area contributed by atoms with Gasteiger partial charge in [-0.1, -0.05) is 43.2 Å². The topological polar surface area (TPSA) is 40.5 Å². The van der Waals surface area contributed by atoms with Crippen molar-refractivity contribution in [3.63, 3.8) is 0 Å². The molecule has 1 aromatic carbocycles. The molecule has 1 rings (SSSR count). The van der Waals surface area contributed by atoms with E-state index in [2.05, 4.69) is 18.8 Å². The number of rotatable bonds is 5. The Kier molecular flexibility index (Phi) is 6.83. The van der Waals surface area contributed by atoms with Crippen LogP contribution in [0.1, 0.15) is 47.7 Å². The molecule has 1 amide bonds. The minimum absolute atomic E-state index is 0.00737. The number of nitrogens with zero attached hydrogens (tertiary/aromatic N) is 1. The highest BCUT2D eigenvalue weighted by atomic mass is 16.2. The highest BCUT2D eigenvalue weighted by Gasteiger charge is 2.14. The number of aliphatic hydroxyl groups excluding tert-OH is 1. The molecule has 20 heavy (non-hydrogen) atoms. The Morgan fingerprint density at radius 3 is 2.75 bits per heavy atom. The largest absolute Gasteiger partial charge is 0.384 e. The van der Waals surface area contributed by atoms with Gasteiger partial charge in [0.15, 0.2) is 0 Å². The van der Waals surface area contributed by atoms with Gasteiger partial charge in [-0.2, -0.15) is 0 Å². The molecule has 0 saturated carbocycles. The molecule has 0 radical (unpaired) electrons. The first-order chi connectivity index (χ1) is 9.60. The minimum atomic E-state index is -0.201. The van der Waals surface area contributed by atoms with E-state index in [1.807, 2.05) is 32.2 Å². The van der Waals surface area contributed by atoms with Crippen molar-refractivity contribution >= 4 is 5.91 Å². The van der Waals surface area contributed by atoms with Crippen LogP contribution >= 0.6 is 0 Å². The van der Waals surface area contributed by atoms with Gasteiger partial charge < -0.3 is 10.0 Å². The van der Waals surface area contributed by atoms with E-state index in [1.54, 1.807) is 4.90 Å². The van der Waals surface area contributed by atoms with Gasteiger partial charge in [-0.25, -0.2) is 0 Å². The van der Waals surface area contributed by atoms with Gasteiger partial charge >= 0.3 is 0 Å². The van der Waals surface area contributed by atoms with E-state index in [0.717, 1.165) is 31.4 Å². The molecule has 0 saturated heterocycles. The van der Waals surface area contributed by atoms with Crippen molar-refractivity contribution in [1.82, 2.24) is 4.90 Å². The fourth-order valence-corrected chi connectivity index (χ4v) is 1.98. The maximum absolute atomic E-state index is 12.5. The van der Waals surface area contributed by atoms with Gasteiger partial charge in [0.1, 0.15) is 6.61 Å². The van der Waals surface area contributed by atoms with Crippen molar-refractivity contribution in [3.05, 3.63) is 34.9 Å². The molecule has 3 heteroatoms. The van der Waals surface area contributed by atoms with E-state index < -0.39 is 0 Å². The maximum Gasteiger partial charge on any atom is 0.254 e. The first-order valence-electron chi connectivity index (χ1n) is 7.06. The van der Waals surface area contributed by atoms with Crippen LogP contribution in [0.2, 0.25) is 0 Å². The van der Waals surface area contributed by atoms with Crippen molar-refractivity contribution < 1.29 is 9.90 Å². The van der Waals surface area contributed by atoms with Crippen LogP contribution in [0.5, 0.6) is 0 Å². The van der Waals surface area contributed by atoms with Crippen LogP contribution < -0.4 is 0 Å². The number of carbonyl (C=O) groups is 1. The molecule has 1 aromatic rings. The molecule has 0 bridgehead atoms. The molecule has 0 aliphatic carbocycles. The third kappa shape index (κ3) is 4.71. The zero-order chi connectivity index (χ0) is 15.0. The molecule has 3 nitrogen and oxygen atoms in total. The fraction of sp³-hybridized carbons (Fsp3) is 0.471. The molecule has 0 aliphatic heterocycles.